The first-order valence-corrected chi connectivity index (χ1v) is 12.3. The lowest BCUT2D eigenvalue weighted by Gasteiger charge is -2.36. The van der Waals surface area contributed by atoms with E-state index in [1.54, 1.807) is 56.0 Å². The lowest BCUT2D eigenvalue weighted by Crippen LogP contribution is -2.55. The summed E-state index contributed by atoms with van der Waals surface area (Å²) in [6.07, 6.45) is -4.81. The molecule has 0 fully saturated rings. The molecule has 1 unspecified atom stereocenters. The predicted molar refractivity (Wildman–Crippen MR) is 135 cm³/mol. The maximum absolute atomic E-state index is 13.2. The Bertz CT molecular complexity index is 1520. The second-order valence-electron chi connectivity index (χ2n) is 9.85. The summed E-state index contributed by atoms with van der Waals surface area (Å²) in [5.74, 6) is -3.27. The van der Waals surface area contributed by atoms with Gasteiger partial charge in [-0.1, -0.05) is 32.1 Å². The van der Waals surface area contributed by atoms with Crippen LogP contribution in [0.1, 0.15) is 20.3 Å². The number of nitrogens with zero attached hydrogens (tertiary/aromatic N) is 3. The third-order valence-corrected chi connectivity index (χ3v) is 6.64. The second-order valence-corrected chi connectivity index (χ2v) is 9.85. The highest BCUT2D eigenvalue weighted by Crippen LogP contribution is 2.35. The number of fused-ring (bicyclic) bond motifs is 1. The van der Waals surface area contributed by atoms with E-state index in [1.807, 2.05) is 5.32 Å². The molecule has 2 heterocycles. The van der Waals surface area contributed by atoms with Gasteiger partial charge < -0.3 is 14.6 Å². The number of pyridine rings is 1. The molecule has 0 spiro atoms. The number of amides is 1. The van der Waals surface area contributed by atoms with Crippen molar-refractivity contribution in [1.82, 2.24) is 19.7 Å². The molecule has 3 aromatic rings. The van der Waals surface area contributed by atoms with Gasteiger partial charge in [-0.25, -0.2) is 4.68 Å². The number of allylic oxidation sites excluding steroid dienone is 3. The van der Waals surface area contributed by atoms with Crippen LogP contribution in [0, 0.1) is 11.8 Å². The zero-order valence-electron chi connectivity index (χ0n) is 21.6. The van der Waals surface area contributed by atoms with E-state index < -0.39 is 47.8 Å². The SMILES string of the molecule is CC(C)[C@H](NC(=O)C(F)(F)F)[C@H](Oc1ccc2c(cnn2-c2ccc(=O)n(C)c2)c1)C1C=CC(C(F)(F)F)=CC1. The minimum atomic E-state index is -5.15. The Morgan fingerprint density at radius 2 is 1.85 bits per heavy atom. The van der Waals surface area contributed by atoms with Crippen LogP contribution in [0.4, 0.5) is 26.3 Å². The maximum Gasteiger partial charge on any atom is 0.471 e. The van der Waals surface area contributed by atoms with E-state index in [9.17, 15) is 35.9 Å². The van der Waals surface area contributed by atoms with Crippen molar-refractivity contribution in [1.29, 1.82) is 0 Å². The van der Waals surface area contributed by atoms with Crippen LogP contribution in [0.2, 0.25) is 0 Å². The monoisotopic (exact) mass is 568 g/mol. The van der Waals surface area contributed by atoms with Crippen molar-refractivity contribution in [3.63, 3.8) is 0 Å². The smallest absolute Gasteiger partial charge is 0.471 e. The molecule has 3 atom stereocenters. The van der Waals surface area contributed by atoms with Crippen molar-refractivity contribution < 1.29 is 35.9 Å². The standard InChI is InChI=1S/C27H26F6N4O3/c1-15(2)23(35-25(39)27(31,32)33)24(16-4-6-18(7-5-16)26(28,29)30)40-20-9-10-21-17(12-20)13-34-37(21)19-8-11-22(38)36(3)14-19/h4,6-16,23-24H,5H2,1-3H3,(H,35,39)/t16?,23-,24+/m0/s1. The van der Waals surface area contributed by atoms with Crippen molar-refractivity contribution in [2.24, 2.45) is 18.9 Å². The Morgan fingerprint density at radius 1 is 1.12 bits per heavy atom. The minimum absolute atomic E-state index is 0.159. The van der Waals surface area contributed by atoms with E-state index >= 15 is 0 Å². The topological polar surface area (TPSA) is 78.2 Å². The van der Waals surface area contributed by atoms with Crippen molar-refractivity contribution in [3.8, 4) is 11.4 Å². The van der Waals surface area contributed by atoms with E-state index in [-0.39, 0.29) is 17.7 Å². The second kappa shape index (κ2) is 10.9. The number of benzene rings is 1. The fourth-order valence-electron chi connectivity index (χ4n) is 4.53. The lowest BCUT2D eigenvalue weighted by molar-refractivity contribution is -0.175. The van der Waals surface area contributed by atoms with Crippen LogP contribution < -0.4 is 15.6 Å². The number of aryl methyl sites for hydroxylation is 1. The average molecular weight is 569 g/mol. The van der Waals surface area contributed by atoms with Crippen LogP contribution in [-0.2, 0) is 11.8 Å². The molecule has 0 saturated heterocycles. The van der Waals surface area contributed by atoms with Crippen LogP contribution in [0.25, 0.3) is 16.6 Å². The van der Waals surface area contributed by atoms with Crippen molar-refractivity contribution in [3.05, 3.63) is 76.9 Å². The summed E-state index contributed by atoms with van der Waals surface area (Å²) in [5, 5.41) is 6.92. The Hall–Kier alpha value is -4.03. The third kappa shape index (κ3) is 6.23. The van der Waals surface area contributed by atoms with E-state index in [0.29, 0.717) is 16.6 Å². The van der Waals surface area contributed by atoms with Gasteiger partial charge in [0.1, 0.15) is 11.9 Å². The molecule has 1 N–H and O–H groups in total. The largest absolute Gasteiger partial charge is 0.488 e. The van der Waals surface area contributed by atoms with Gasteiger partial charge in [0.2, 0.25) is 5.56 Å². The normalized spacial score (nSPS) is 17.6. The molecular weight excluding hydrogens is 542 g/mol. The van der Waals surface area contributed by atoms with Crippen molar-refractivity contribution >= 4 is 16.8 Å². The summed E-state index contributed by atoms with van der Waals surface area (Å²) < 4.78 is 88.0. The van der Waals surface area contributed by atoms with Crippen LogP contribution in [0.15, 0.2) is 71.3 Å². The molecule has 0 bridgehead atoms. The number of carbonyl (C=O) groups is 1. The lowest BCUT2D eigenvalue weighted by atomic mass is 9.84. The average Bonchev–Trinajstić information content (AvgIpc) is 3.29. The first-order chi connectivity index (χ1) is 18.6. The van der Waals surface area contributed by atoms with Gasteiger partial charge in [0, 0.05) is 30.6 Å². The Kier molecular flexibility index (Phi) is 7.86. The Labute approximate surface area is 224 Å². The van der Waals surface area contributed by atoms with Crippen molar-refractivity contribution in [2.45, 2.75) is 44.8 Å². The highest BCUT2D eigenvalue weighted by Gasteiger charge is 2.43. The number of ether oxygens (including phenoxy) is 1. The van der Waals surface area contributed by atoms with Crippen molar-refractivity contribution in [2.75, 3.05) is 0 Å². The maximum atomic E-state index is 13.2. The number of alkyl halides is 6. The first kappa shape index (κ1) is 29.0. The highest BCUT2D eigenvalue weighted by atomic mass is 19.4. The Balaban J connectivity index is 1.68. The summed E-state index contributed by atoms with van der Waals surface area (Å²) in [5.41, 5.74) is 0.185. The molecule has 0 saturated carbocycles. The van der Waals surface area contributed by atoms with E-state index in [4.69, 9.17) is 4.74 Å². The van der Waals surface area contributed by atoms with Gasteiger partial charge in [-0.2, -0.15) is 31.4 Å². The molecule has 4 rings (SSSR count). The zero-order valence-corrected chi connectivity index (χ0v) is 21.6. The molecule has 40 heavy (non-hydrogen) atoms. The fourth-order valence-corrected chi connectivity index (χ4v) is 4.53. The molecule has 13 heteroatoms. The molecule has 1 amide bonds. The molecular formula is C27H26F6N4O3. The number of nitrogens with one attached hydrogen (secondary N) is 1. The van der Waals surface area contributed by atoms with Gasteiger partial charge in [0.15, 0.2) is 0 Å². The molecule has 1 aliphatic rings. The summed E-state index contributed by atoms with van der Waals surface area (Å²) in [6, 6.07) is 6.62. The fraction of sp³-hybridized carbons (Fsp3) is 0.370. The van der Waals surface area contributed by atoms with Crippen LogP contribution in [-0.4, -0.2) is 44.8 Å². The van der Waals surface area contributed by atoms with Crippen LogP contribution >= 0.6 is 0 Å². The van der Waals surface area contributed by atoms with E-state index in [0.717, 1.165) is 12.2 Å². The number of rotatable bonds is 7. The molecule has 7 nitrogen and oxygen atoms in total. The predicted octanol–water partition coefficient (Wildman–Crippen LogP) is 5.24. The van der Waals surface area contributed by atoms with Gasteiger partial charge in [0.25, 0.3) is 0 Å². The van der Waals surface area contributed by atoms with Gasteiger partial charge in [0.05, 0.1) is 29.0 Å². The number of carbonyl (C=O) groups excluding carboxylic acids is 1. The van der Waals surface area contributed by atoms with Crippen LogP contribution in [0.3, 0.4) is 0 Å². The molecule has 1 aromatic carbocycles. The molecule has 2 aromatic heterocycles. The highest BCUT2D eigenvalue weighted by molar-refractivity contribution is 5.82. The summed E-state index contributed by atoms with van der Waals surface area (Å²) in [4.78, 5) is 23.6. The van der Waals surface area contributed by atoms with Gasteiger partial charge in [-0.3, -0.25) is 9.59 Å². The van der Waals surface area contributed by atoms with Gasteiger partial charge >= 0.3 is 18.3 Å². The van der Waals surface area contributed by atoms with Crippen LogP contribution in [0.5, 0.6) is 5.75 Å². The van der Waals surface area contributed by atoms with E-state index in [2.05, 4.69) is 5.10 Å². The molecule has 214 valence electrons. The number of hydrogen-bond acceptors (Lipinski definition) is 4. The Morgan fingerprint density at radius 3 is 2.42 bits per heavy atom. The summed E-state index contributed by atoms with van der Waals surface area (Å²) in [7, 11) is 1.60. The number of halogens is 6. The summed E-state index contributed by atoms with van der Waals surface area (Å²) in [6.45, 7) is 3.17. The third-order valence-electron chi connectivity index (χ3n) is 6.64. The van der Waals surface area contributed by atoms with Gasteiger partial charge in [-0.15, -0.1) is 0 Å². The summed E-state index contributed by atoms with van der Waals surface area (Å²) >= 11 is 0. The number of aromatic nitrogens is 3. The first-order valence-electron chi connectivity index (χ1n) is 12.3. The zero-order chi connectivity index (χ0) is 29.4. The van der Waals surface area contributed by atoms with Gasteiger partial charge in [-0.05, 0) is 36.6 Å². The number of hydrogen-bond donors (Lipinski definition) is 1. The van der Waals surface area contributed by atoms with E-state index in [1.165, 1.54) is 22.9 Å². The molecule has 0 aliphatic heterocycles. The quantitative estimate of drug-likeness (QED) is 0.396. The molecule has 1 aliphatic carbocycles. The molecule has 0 radical (unpaired) electrons. The minimum Gasteiger partial charge on any atom is -0.488 e.